The van der Waals surface area contributed by atoms with Crippen LogP contribution in [0.25, 0.3) is 16.7 Å². The minimum atomic E-state index is -0.646. The molecule has 1 aliphatic rings. The van der Waals surface area contributed by atoms with E-state index >= 15 is 0 Å². The number of aromatic amines is 1. The van der Waals surface area contributed by atoms with Crippen molar-refractivity contribution < 1.29 is 9.18 Å². The number of rotatable bonds is 3. The minimum absolute atomic E-state index is 0.104. The van der Waals surface area contributed by atoms with E-state index in [1.165, 1.54) is 10.9 Å². The maximum atomic E-state index is 14.0. The highest BCUT2D eigenvalue weighted by atomic mass is 79.9. The third kappa shape index (κ3) is 3.23. The van der Waals surface area contributed by atoms with Crippen LogP contribution in [0.2, 0.25) is 0 Å². The van der Waals surface area contributed by atoms with Crippen LogP contribution in [-0.4, -0.2) is 42.3 Å². The fourth-order valence-electron chi connectivity index (χ4n) is 4.42. The predicted octanol–water partition coefficient (Wildman–Crippen LogP) is 4.81. The van der Waals surface area contributed by atoms with E-state index in [2.05, 4.69) is 36.1 Å². The van der Waals surface area contributed by atoms with E-state index in [-0.39, 0.29) is 11.7 Å². The van der Waals surface area contributed by atoms with E-state index in [1.54, 1.807) is 18.5 Å². The Labute approximate surface area is 192 Å². The lowest BCUT2D eigenvalue weighted by molar-refractivity contribution is 0.0605. The van der Waals surface area contributed by atoms with Crippen molar-refractivity contribution in [2.75, 3.05) is 6.54 Å². The van der Waals surface area contributed by atoms with Gasteiger partial charge < -0.3 is 9.88 Å². The molecule has 32 heavy (non-hydrogen) atoms. The molecule has 0 bridgehead atoms. The second kappa shape index (κ2) is 7.51. The van der Waals surface area contributed by atoms with Gasteiger partial charge in [-0.25, -0.2) is 9.37 Å². The lowest BCUT2D eigenvalue weighted by Gasteiger charge is -2.34. The predicted molar refractivity (Wildman–Crippen MR) is 122 cm³/mol. The van der Waals surface area contributed by atoms with Crippen LogP contribution in [0.4, 0.5) is 4.39 Å². The van der Waals surface area contributed by atoms with E-state index < -0.39 is 5.54 Å². The van der Waals surface area contributed by atoms with E-state index in [4.69, 9.17) is 0 Å². The average molecular weight is 497 g/mol. The van der Waals surface area contributed by atoms with Crippen LogP contribution in [0.1, 0.15) is 47.1 Å². The Bertz CT molecular complexity index is 1310. The highest BCUT2D eigenvalue weighted by Crippen LogP contribution is 2.40. The zero-order valence-electron chi connectivity index (χ0n) is 18.0. The lowest BCUT2D eigenvalue weighted by atomic mass is 9.96. The number of carbonyl (C=O) groups is 1. The Hall–Kier alpha value is -3.07. The summed E-state index contributed by atoms with van der Waals surface area (Å²) in [5, 5.41) is 8.49. The van der Waals surface area contributed by atoms with Gasteiger partial charge in [-0.2, -0.15) is 15.0 Å². The second-order valence-corrected chi connectivity index (χ2v) is 9.33. The molecule has 2 aromatic heterocycles. The van der Waals surface area contributed by atoms with Crippen molar-refractivity contribution in [3.05, 3.63) is 69.5 Å². The molecule has 1 atom stereocenters. The molecule has 4 aromatic rings. The van der Waals surface area contributed by atoms with Gasteiger partial charge in [-0.15, -0.1) is 0 Å². The molecule has 0 spiro atoms. The van der Waals surface area contributed by atoms with Crippen LogP contribution < -0.4 is 0 Å². The summed E-state index contributed by atoms with van der Waals surface area (Å²) in [6.45, 7) is 6.60. The van der Waals surface area contributed by atoms with Crippen molar-refractivity contribution >= 4 is 32.9 Å². The van der Waals surface area contributed by atoms with Gasteiger partial charge in [-0.3, -0.25) is 4.79 Å². The number of carbonyl (C=O) groups excluding carboxylic acids is 1. The molecule has 2 aromatic carbocycles. The van der Waals surface area contributed by atoms with Crippen LogP contribution in [0, 0.1) is 19.7 Å². The number of H-pyrrole nitrogens is 1. The molecule has 164 valence electrons. The molecular weight excluding hydrogens is 475 g/mol. The Kier molecular flexibility index (Phi) is 4.88. The summed E-state index contributed by atoms with van der Waals surface area (Å²) in [6.07, 6.45) is 4.78. The minimum Gasteiger partial charge on any atom is -0.340 e. The molecule has 1 N–H and O–H groups in total. The number of fused-ring (bicyclic) bond motifs is 1. The molecule has 3 heterocycles. The van der Waals surface area contributed by atoms with Crippen molar-refractivity contribution in [1.82, 2.24) is 29.9 Å². The standard InChI is InChI=1S/C23H22BrFN6O/c1-13-9-15(20(10-14(13)2)31-26-6-7-27-31)21(32)30-8-4-5-23(30,3)22-28-18-11-16(24)17(25)12-19(18)29-22/h6-7,9-12H,4-5,8H2,1-3H3,(H,28,29). The largest absolute Gasteiger partial charge is 0.340 e. The molecule has 1 amide bonds. The number of imidazole rings is 1. The molecule has 1 fully saturated rings. The van der Waals surface area contributed by atoms with Crippen LogP contribution in [-0.2, 0) is 5.54 Å². The third-order valence-corrected chi connectivity index (χ3v) is 7.00. The molecule has 0 radical (unpaired) electrons. The number of nitrogens with zero attached hydrogens (tertiary/aromatic N) is 5. The normalized spacial score (nSPS) is 18.6. The topological polar surface area (TPSA) is 79.7 Å². The molecular formula is C23H22BrFN6O. The number of likely N-dealkylation sites (tertiary alicyclic amines) is 1. The fourth-order valence-corrected chi connectivity index (χ4v) is 4.76. The Morgan fingerprint density at radius 2 is 1.88 bits per heavy atom. The summed E-state index contributed by atoms with van der Waals surface area (Å²) in [6, 6.07) is 6.92. The molecule has 9 heteroatoms. The van der Waals surface area contributed by atoms with E-state index in [9.17, 15) is 9.18 Å². The molecule has 0 aliphatic carbocycles. The number of nitrogens with one attached hydrogen (secondary N) is 1. The van der Waals surface area contributed by atoms with Crippen molar-refractivity contribution in [2.24, 2.45) is 0 Å². The summed E-state index contributed by atoms with van der Waals surface area (Å²) in [7, 11) is 0. The van der Waals surface area contributed by atoms with Crippen molar-refractivity contribution in [2.45, 2.75) is 39.2 Å². The number of aromatic nitrogens is 5. The van der Waals surface area contributed by atoms with Gasteiger partial charge in [0.05, 0.1) is 44.7 Å². The Morgan fingerprint density at radius 3 is 2.62 bits per heavy atom. The summed E-state index contributed by atoms with van der Waals surface area (Å²) in [5.41, 5.74) is 3.88. The number of benzene rings is 2. The SMILES string of the molecule is Cc1cc(C(=O)N2CCCC2(C)c2nc3cc(F)c(Br)cc3[nH]2)c(-n2nccn2)cc1C. The molecule has 1 unspecified atom stereocenters. The number of aryl methyl sites for hydroxylation is 2. The Balaban J connectivity index is 1.60. The van der Waals surface area contributed by atoms with Gasteiger partial charge in [-0.1, -0.05) is 0 Å². The first kappa shape index (κ1) is 20.8. The van der Waals surface area contributed by atoms with Gasteiger partial charge in [0.25, 0.3) is 5.91 Å². The van der Waals surface area contributed by atoms with Crippen LogP contribution in [0.15, 0.2) is 41.1 Å². The maximum absolute atomic E-state index is 14.0. The van der Waals surface area contributed by atoms with Gasteiger partial charge in [0.2, 0.25) is 0 Å². The summed E-state index contributed by atoms with van der Waals surface area (Å²) < 4.78 is 14.4. The van der Waals surface area contributed by atoms with Crippen LogP contribution in [0.3, 0.4) is 0 Å². The highest BCUT2D eigenvalue weighted by Gasteiger charge is 2.44. The number of hydrogen-bond acceptors (Lipinski definition) is 4. The number of amides is 1. The number of halogens is 2. The van der Waals surface area contributed by atoms with E-state index in [1.807, 2.05) is 37.8 Å². The second-order valence-electron chi connectivity index (χ2n) is 8.48. The zero-order chi connectivity index (χ0) is 22.6. The number of hydrogen-bond donors (Lipinski definition) is 1. The molecule has 0 saturated carbocycles. The van der Waals surface area contributed by atoms with Crippen LogP contribution in [0.5, 0.6) is 0 Å². The van der Waals surface area contributed by atoms with Gasteiger partial charge >= 0.3 is 0 Å². The maximum Gasteiger partial charge on any atom is 0.256 e. The first-order valence-corrected chi connectivity index (χ1v) is 11.2. The highest BCUT2D eigenvalue weighted by molar-refractivity contribution is 9.10. The van der Waals surface area contributed by atoms with E-state index in [0.29, 0.717) is 33.6 Å². The van der Waals surface area contributed by atoms with Crippen LogP contribution >= 0.6 is 15.9 Å². The first-order valence-electron chi connectivity index (χ1n) is 10.4. The molecule has 1 aliphatic heterocycles. The summed E-state index contributed by atoms with van der Waals surface area (Å²) >= 11 is 3.23. The lowest BCUT2D eigenvalue weighted by Crippen LogP contribution is -2.44. The first-order chi connectivity index (χ1) is 15.3. The van der Waals surface area contributed by atoms with Gasteiger partial charge in [-0.05, 0) is 78.9 Å². The van der Waals surface area contributed by atoms with Gasteiger partial charge in [0.1, 0.15) is 11.6 Å². The summed E-state index contributed by atoms with van der Waals surface area (Å²) in [5.74, 6) is 0.179. The van der Waals surface area contributed by atoms with Crippen molar-refractivity contribution in [3.8, 4) is 5.69 Å². The third-order valence-electron chi connectivity index (χ3n) is 6.40. The molecule has 5 rings (SSSR count). The van der Waals surface area contributed by atoms with E-state index in [0.717, 1.165) is 29.5 Å². The van der Waals surface area contributed by atoms with Gasteiger partial charge in [0.15, 0.2) is 0 Å². The smallest absolute Gasteiger partial charge is 0.256 e. The van der Waals surface area contributed by atoms with Gasteiger partial charge in [0, 0.05) is 12.6 Å². The summed E-state index contributed by atoms with van der Waals surface area (Å²) in [4.78, 5) is 25.2. The zero-order valence-corrected chi connectivity index (χ0v) is 19.6. The van der Waals surface area contributed by atoms with Crippen molar-refractivity contribution in [1.29, 1.82) is 0 Å². The Morgan fingerprint density at radius 1 is 1.16 bits per heavy atom. The van der Waals surface area contributed by atoms with Crippen molar-refractivity contribution in [3.63, 3.8) is 0 Å². The molecule has 1 saturated heterocycles. The average Bonchev–Trinajstić information content (AvgIpc) is 3.50. The molecule has 7 nitrogen and oxygen atoms in total. The monoisotopic (exact) mass is 496 g/mol. The fraction of sp³-hybridized carbons (Fsp3) is 0.304. The quantitative estimate of drug-likeness (QED) is 0.441.